The van der Waals surface area contributed by atoms with E-state index in [1.807, 2.05) is 4.90 Å². The largest absolute Gasteiger partial charge is 0.366 e. The van der Waals surface area contributed by atoms with Crippen LogP contribution >= 0.6 is 0 Å². The monoisotopic (exact) mass is 382 g/mol. The third-order valence-corrected chi connectivity index (χ3v) is 5.26. The molecule has 144 valence electrons. The molecule has 0 aliphatic carbocycles. The van der Waals surface area contributed by atoms with E-state index in [0.29, 0.717) is 24.6 Å². The van der Waals surface area contributed by atoms with Crippen molar-refractivity contribution in [2.24, 2.45) is 5.92 Å². The first-order chi connectivity index (χ1) is 13.5. The van der Waals surface area contributed by atoms with Gasteiger partial charge in [-0.25, -0.2) is 13.7 Å². The maximum atomic E-state index is 14.4. The van der Waals surface area contributed by atoms with E-state index < -0.39 is 23.4 Å². The van der Waals surface area contributed by atoms with Gasteiger partial charge in [-0.2, -0.15) is 0 Å². The van der Waals surface area contributed by atoms with E-state index in [9.17, 15) is 18.4 Å². The van der Waals surface area contributed by atoms with Gasteiger partial charge in [-0.15, -0.1) is 0 Å². The van der Waals surface area contributed by atoms with E-state index in [1.54, 1.807) is 6.07 Å². The van der Waals surface area contributed by atoms with Crippen LogP contribution in [0.4, 0.5) is 14.5 Å². The van der Waals surface area contributed by atoms with Crippen LogP contribution in [-0.2, 0) is 9.59 Å². The molecule has 1 atom stereocenters. The molecule has 4 nitrogen and oxygen atoms in total. The number of piperidine rings is 1. The Morgan fingerprint density at radius 3 is 2.36 bits per heavy atom. The molecular weight excluding hydrogens is 362 g/mol. The summed E-state index contributed by atoms with van der Waals surface area (Å²) in [7, 11) is 0. The van der Waals surface area contributed by atoms with Crippen LogP contribution < -0.4 is 4.90 Å². The van der Waals surface area contributed by atoms with Crippen LogP contribution in [0.3, 0.4) is 0 Å². The van der Waals surface area contributed by atoms with Crippen molar-refractivity contribution in [2.75, 3.05) is 18.0 Å². The molecule has 2 amide bonds. The molecule has 0 bridgehead atoms. The normalized spacial score (nSPS) is 20.3. The van der Waals surface area contributed by atoms with Crippen LogP contribution in [-0.4, -0.2) is 29.8 Å². The molecule has 28 heavy (non-hydrogen) atoms. The Hall–Kier alpha value is -3.02. The Balaban J connectivity index is 1.85. The maximum absolute atomic E-state index is 14.4. The van der Waals surface area contributed by atoms with E-state index >= 15 is 0 Å². The topological polar surface area (TPSA) is 40.6 Å². The summed E-state index contributed by atoms with van der Waals surface area (Å²) in [6.45, 7) is 3.39. The number of amides is 2. The second kappa shape index (κ2) is 7.19. The van der Waals surface area contributed by atoms with Crippen LogP contribution in [0.2, 0.25) is 0 Å². The Morgan fingerprint density at radius 2 is 1.68 bits per heavy atom. The number of rotatable bonds is 3. The molecule has 0 N–H and O–H groups in total. The summed E-state index contributed by atoms with van der Waals surface area (Å²) >= 11 is 0. The minimum Gasteiger partial charge on any atom is -0.366 e. The quantitative estimate of drug-likeness (QED) is 0.754. The fraction of sp³-hybridized carbons (Fsp3) is 0.273. The predicted molar refractivity (Wildman–Crippen MR) is 102 cm³/mol. The lowest BCUT2D eigenvalue weighted by Gasteiger charge is -2.33. The van der Waals surface area contributed by atoms with E-state index in [1.165, 1.54) is 42.5 Å². The second-order valence-electron chi connectivity index (χ2n) is 7.32. The van der Waals surface area contributed by atoms with E-state index in [4.69, 9.17) is 0 Å². The molecule has 2 aliphatic rings. The number of halogens is 2. The number of carbonyl (C=O) groups excluding carboxylic acids is 2. The van der Waals surface area contributed by atoms with Crippen molar-refractivity contribution in [2.45, 2.75) is 19.8 Å². The molecule has 0 saturated carbocycles. The van der Waals surface area contributed by atoms with Gasteiger partial charge in [0, 0.05) is 13.1 Å². The van der Waals surface area contributed by atoms with Crippen LogP contribution in [0.1, 0.15) is 25.3 Å². The first-order valence-electron chi connectivity index (χ1n) is 9.36. The molecule has 1 fully saturated rings. The van der Waals surface area contributed by atoms with Crippen molar-refractivity contribution in [1.29, 1.82) is 0 Å². The number of imide groups is 1. The zero-order valence-electron chi connectivity index (χ0n) is 15.5. The summed E-state index contributed by atoms with van der Waals surface area (Å²) in [6, 6.07) is 11.2. The molecule has 4 rings (SSSR count). The zero-order chi connectivity index (χ0) is 19.8. The van der Waals surface area contributed by atoms with Crippen molar-refractivity contribution >= 4 is 23.1 Å². The highest BCUT2D eigenvalue weighted by atomic mass is 19.1. The standard InChI is InChI=1S/C22H20F2N2O2/c1-14-5-4-12-25(13-14)20-19(15-8-10-16(23)11-9-15)21(27)26(22(20)28)18-7-3-2-6-17(18)24/h2-3,6-11,14H,4-5,12-13H2,1H3. The molecule has 2 aromatic carbocycles. The summed E-state index contributed by atoms with van der Waals surface area (Å²) < 4.78 is 27.8. The van der Waals surface area contributed by atoms with Crippen molar-refractivity contribution in [3.05, 3.63) is 71.4 Å². The van der Waals surface area contributed by atoms with Gasteiger partial charge in [-0.05, 0) is 48.6 Å². The van der Waals surface area contributed by atoms with Gasteiger partial charge in [0.25, 0.3) is 11.8 Å². The average Bonchev–Trinajstić information content (AvgIpc) is 2.93. The predicted octanol–water partition coefficient (Wildman–Crippen LogP) is 3.98. The first-order valence-corrected chi connectivity index (χ1v) is 9.36. The SMILES string of the molecule is CC1CCCN(C2=C(c3ccc(F)cc3)C(=O)N(c3ccccc3F)C2=O)C1. The Kier molecular flexibility index (Phi) is 4.71. The van der Waals surface area contributed by atoms with Crippen LogP contribution in [0.25, 0.3) is 5.57 Å². The number of carbonyl (C=O) groups is 2. The molecule has 2 aliphatic heterocycles. The van der Waals surface area contributed by atoms with Gasteiger partial charge in [0.05, 0.1) is 11.3 Å². The zero-order valence-corrected chi connectivity index (χ0v) is 15.5. The van der Waals surface area contributed by atoms with Gasteiger partial charge < -0.3 is 4.90 Å². The van der Waals surface area contributed by atoms with Crippen molar-refractivity contribution in [3.8, 4) is 0 Å². The summed E-state index contributed by atoms with van der Waals surface area (Å²) in [5.41, 5.74) is 0.845. The number of anilines is 1. The van der Waals surface area contributed by atoms with E-state index in [2.05, 4.69) is 6.92 Å². The Labute approximate surface area is 162 Å². The molecule has 1 saturated heterocycles. The Morgan fingerprint density at radius 1 is 0.964 bits per heavy atom. The highest BCUT2D eigenvalue weighted by Gasteiger charge is 2.43. The highest BCUT2D eigenvalue weighted by molar-refractivity contribution is 6.45. The number of benzene rings is 2. The molecular formula is C22H20F2N2O2. The molecule has 6 heteroatoms. The number of hydrogen-bond acceptors (Lipinski definition) is 3. The summed E-state index contributed by atoms with van der Waals surface area (Å²) in [5, 5.41) is 0. The lowest BCUT2D eigenvalue weighted by molar-refractivity contribution is -0.120. The number of nitrogens with zero attached hydrogens (tertiary/aromatic N) is 2. The van der Waals surface area contributed by atoms with Crippen LogP contribution in [0.5, 0.6) is 0 Å². The van der Waals surface area contributed by atoms with Gasteiger partial charge in [0.1, 0.15) is 17.3 Å². The smallest absolute Gasteiger partial charge is 0.282 e. The average molecular weight is 382 g/mol. The molecule has 2 heterocycles. The maximum Gasteiger partial charge on any atom is 0.282 e. The first kappa shape index (κ1) is 18.3. The molecule has 0 radical (unpaired) electrons. The number of hydrogen-bond donors (Lipinski definition) is 0. The van der Waals surface area contributed by atoms with Crippen molar-refractivity contribution in [3.63, 3.8) is 0 Å². The van der Waals surface area contributed by atoms with Crippen molar-refractivity contribution in [1.82, 2.24) is 4.90 Å². The third-order valence-electron chi connectivity index (χ3n) is 5.26. The van der Waals surface area contributed by atoms with E-state index in [0.717, 1.165) is 17.7 Å². The lowest BCUT2D eigenvalue weighted by Crippen LogP contribution is -2.39. The van der Waals surface area contributed by atoms with Crippen LogP contribution in [0.15, 0.2) is 54.2 Å². The number of para-hydroxylation sites is 1. The second-order valence-corrected chi connectivity index (χ2v) is 7.32. The summed E-state index contributed by atoms with van der Waals surface area (Å²) in [4.78, 5) is 29.3. The summed E-state index contributed by atoms with van der Waals surface area (Å²) in [5.74, 6) is -1.82. The third kappa shape index (κ3) is 3.09. The van der Waals surface area contributed by atoms with Gasteiger partial charge in [0.15, 0.2) is 0 Å². The van der Waals surface area contributed by atoms with Gasteiger partial charge in [0.2, 0.25) is 0 Å². The minimum absolute atomic E-state index is 0.0721. The van der Waals surface area contributed by atoms with Crippen molar-refractivity contribution < 1.29 is 18.4 Å². The van der Waals surface area contributed by atoms with Gasteiger partial charge >= 0.3 is 0 Å². The highest BCUT2D eigenvalue weighted by Crippen LogP contribution is 2.37. The van der Waals surface area contributed by atoms with E-state index in [-0.39, 0.29) is 17.0 Å². The van der Waals surface area contributed by atoms with Gasteiger partial charge in [-0.1, -0.05) is 31.2 Å². The Bertz CT molecular complexity index is 969. The fourth-order valence-corrected chi connectivity index (χ4v) is 3.93. The van der Waals surface area contributed by atoms with Crippen LogP contribution in [0, 0.1) is 17.6 Å². The lowest BCUT2D eigenvalue weighted by atomic mass is 9.98. The minimum atomic E-state index is -0.643. The molecule has 1 unspecified atom stereocenters. The molecule has 0 aromatic heterocycles. The number of likely N-dealkylation sites (tertiary alicyclic amines) is 1. The fourth-order valence-electron chi connectivity index (χ4n) is 3.93. The van der Waals surface area contributed by atoms with Gasteiger partial charge in [-0.3, -0.25) is 9.59 Å². The summed E-state index contributed by atoms with van der Waals surface area (Å²) in [6.07, 6.45) is 1.96. The molecule has 0 spiro atoms. The molecule has 2 aromatic rings.